The predicted molar refractivity (Wildman–Crippen MR) is 60.9 cm³/mol. The summed E-state index contributed by atoms with van der Waals surface area (Å²) >= 11 is 0. The number of rotatable bonds is 5. The molecular weight excluding hydrogens is 204 g/mol. The molecule has 5 nitrogen and oxygen atoms in total. The van der Waals surface area contributed by atoms with Crippen LogP contribution in [0.1, 0.15) is 6.42 Å². The highest BCUT2D eigenvalue weighted by Crippen LogP contribution is 2.14. The largest absolute Gasteiger partial charge is 0.385 e. The van der Waals surface area contributed by atoms with Crippen molar-refractivity contribution in [2.45, 2.75) is 13.0 Å². The quantitative estimate of drug-likeness (QED) is 0.714. The fourth-order valence-electron chi connectivity index (χ4n) is 1.66. The van der Waals surface area contributed by atoms with Crippen molar-refractivity contribution >= 4 is 0 Å². The molecule has 0 atom stereocenters. The van der Waals surface area contributed by atoms with E-state index in [-0.39, 0.29) is 0 Å². The van der Waals surface area contributed by atoms with E-state index in [9.17, 15) is 0 Å². The molecule has 0 unspecified atom stereocenters. The third-order valence-corrected chi connectivity index (χ3v) is 2.48. The molecule has 0 aliphatic rings. The van der Waals surface area contributed by atoms with E-state index >= 15 is 0 Å². The van der Waals surface area contributed by atoms with Crippen molar-refractivity contribution < 1.29 is 4.74 Å². The Morgan fingerprint density at radius 3 is 2.62 bits per heavy atom. The maximum Gasteiger partial charge on any atom is 0.176 e. The highest BCUT2D eigenvalue weighted by atomic mass is 16.5. The van der Waals surface area contributed by atoms with Gasteiger partial charge in [-0.1, -0.05) is 0 Å². The predicted octanol–water partition coefficient (Wildman–Crippen LogP) is 1.32. The van der Waals surface area contributed by atoms with Crippen LogP contribution in [0.2, 0.25) is 0 Å². The fourth-order valence-corrected chi connectivity index (χ4v) is 1.66. The minimum atomic E-state index is 0.762. The van der Waals surface area contributed by atoms with Crippen LogP contribution in [-0.4, -0.2) is 32.8 Å². The minimum Gasteiger partial charge on any atom is -0.385 e. The first-order valence-electron chi connectivity index (χ1n) is 5.30. The van der Waals surface area contributed by atoms with Gasteiger partial charge in [-0.05, 0) is 6.42 Å². The first-order valence-corrected chi connectivity index (χ1v) is 5.30. The zero-order chi connectivity index (χ0) is 11.4. The molecule has 2 aromatic heterocycles. The molecule has 0 aromatic carbocycles. The van der Waals surface area contributed by atoms with Gasteiger partial charge in [-0.2, -0.15) is 0 Å². The number of nitrogens with zero attached hydrogens (tertiary/aromatic N) is 4. The molecule has 0 radical (unpaired) electrons. The summed E-state index contributed by atoms with van der Waals surface area (Å²) < 4.78 is 9.11. The summed E-state index contributed by atoms with van der Waals surface area (Å²) in [5.74, 6) is 1.80. The van der Waals surface area contributed by atoms with Gasteiger partial charge in [-0.3, -0.25) is 0 Å². The molecule has 0 aliphatic carbocycles. The third kappa shape index (κ3) is 2.14. The molecule has 0 N–H and O–H groups in total. The number of aryl methyl sites for hydroxylation is 2. The molecule has 0 fully saturated rings. The van der Waals surface area contributed by atoms with Crippen LogP contribution in [0.15, 0.2) is 24.8 Å². The normalized spacial score (nSPS) is 10.9. The van der Waals surface area contributed by atoms with Crippen molar-refractivity contribution in [1.29, 1.82) is 0 Å². The molecule has 0 saturated heterocycles. The van der Waals surface area contributed by atoms with Gasteiger partial charge >= 0.3 is 0 Å². The fraction of sp³-hybridized carbons (Fsp3) is 0.455. The van der Waals surface area contributed by atoms with Crippen molar-refractivity contribution in [3.05, 3.63) is 24.8 Å². The van der Waals surface area contributed by atoms with Crippen LogP contribution >= 0.6 is 0 Å². The Morgan fingerprint density at radius 1 is 1.19 bits per heavy atom. The highest BCUT2D eigenvalue weighted by molar-refractivity contribution is 5.44. The van der Waals surface area contributed by atoms with Gasteiger partial charge in [-0.15, -0.1) is 0 Å². The minimum absolute atomic E-state index is 0.762. The number of methoxy groups -OCH3 is 1. The zero-order valence-corrected chi connectivity index (χ0v) is 9.63. The average molecular weight is 220 g/mol. The van der Waals surface area contributed by atoms with Gasteiger partial charge in [0.2, 0.25) is 0 Å². The molecule has 5 heteroatoms. The monoisotopic (exact) mass is 220 g/mol. The molecule has 2 aromatic rings. The summed E-state index contributed by atoms with van der Waals surface area (Å²) in [6.45, 7) is 1.66. The van der Waals surface area contributed by atoms with Crippen LogP contribution in [-0.2, 0) is 18.3 Å². The van der Waals surface area contributed by atoms with E-state index in [1.165, 1.54) is 0 Å². The Hall–Kier alpha value is -1.62. The SMILES string of the molecule is COCCCn1ccnc1-c1nccn1C. The molecule has 0 spiro atoms. The van der Waals surface area contributed by atoms with Gasteiger partial charge < -0.3 is 13.9 Å². The molecule has 0 bridgehead atoms. The van der Waals surface area contributed by atoms with Gasteiger partial charge in [0.05, 0.1) is 0 Å². The van der Waals surface area contributed by atoms with Crippen molar-refractivity contribution in [2.24, 2.45) is 7.05 Å². The van der Waals surface area contributed by atoms with Crippen LogP contribution in [0.25, 0.3) is 11.6 Å². The van der Waals surface area contributed by atoms with E-state index in [1.807, 2.05) is 24.0 Å². The second kappa shape index (κ2) is 4.94. The molecule has 0 amide bonds. The Morgan fingerprint density at radius 2 is 1.94 bits per heavy atom. The summed E-state index contributed by atoms with van der Waals surface area (Å²) in [7, 11) is 3.68. The van der Waals surface area contributed by atoms with Crippen molar-refractivity contribution in [1.82, 2.24) is 19.1 Å². The van der Waals surface area contributed by atoms with E-state index < -0.39 is 0 Å². The Labute approximate surface area is 94.7 Å². The van der Waals surface area contributed by atoms with E-state index in [1.54, 1.807) is 19.5 Å². The van der Waals surface area contributed by atoms with E-state index in [4.69, 9.17) is 4.74 Å². The van der Waals surface area contributed by atoms with Gasteiger partial charge in [0.1, 0.15) is 0 Å². The van der Waals surface area contributed by atoms with Gasteiger partial charge in [0, 0.05) is 52.1 Å². The van der Waals surface area contributed by atoms with Crippen LogP contribution in [0.3, 0.4) is 0 Å². The summed E-state index contributed by atoms with van der Waals surface area (Å²) in [6.07, 6.45) is 8.45. The van der Waals surface area contributed by atoms with E-state index in [0.717, 1.165) is 31.2 Å². The van der Waals surface area contributed by atoms with Crippen molar-refractivity contribution in [3.8, 4) is 11.6 Å². The third-order valence-electron chi connectivity index (χ3n) is 2.48. The average Bonchev–Trinajstić information content (AvgIpc) is 2.87. The molecular formula is C11H16N4O. The van der Waals surface area contributed by atoms with Crippen LogP contribution in [0, 0.1) is 0 Å². The lowest BCUT2D eigenvalue weighted by Crippen LogP contribution is -2.05. The molecule has 86 valence electrons. The first-order chi connectivity index (χ1) is 7.83. The van der Waals surface area contributed by atoms with Crippen LogP contribution in [0.4, 0.5) is 0 Å². The van der Waals surface area contributed by atoms with Crippen molar-refractivity contribution in [2.75, 3.05) is 13.7 Å². The van der Waals surface area contributed by atoms with E-state index in [2.05, 4.69) is 14.5 Å². The number of ether oxygens (including phenoxy) is 1. The standard InChI is InChI=1S/C11H16N4O/c1-14-7-4-12-10(14)11-13-5-8-15(11)6-3-9-16-2/h4-5,7-8H,3,6,9H2,1-2H3. The molecule has 0 saturated carbocycles. The highest BCUT2D eigenvalue weighted by Gasteiger charge is 2.09. The summed E-state index contributed by atoms with van der Waals surface area (Å²) in [4.78, 5) is 8.63. The lowest BCUT2D eigenvalue weighted by atomic mass is 10.4. The Kier molecular flexibility index (Phi) is 3.36. The number of imidazole rings is 2. The number of aromatic nitrogens is 4. The lowest BCUT2D eigenvalue weighted by molar-refractivity contribution is 0.190. The Bertz CT molecular complexity index is 446. The molecule has 2 heterocycles. The van der Waals surface area contributed by atoms with Crippen molar-refractivity contribution in [3.63, 3.8) is 0 Å². The van der Waals surface area contributed by atoms with E-state index in [0.29, 0.717) is 0 Å². The summed E-state index contributed by atoms with van der Waals surface area (Å²) in [5.41, 5.74) is 0. The smallest absolute Gasteiger partial charge is 0.176 e. The van der Waals surface area contributed by atoms with Gasteiger partial charge in [-0.25, -0.2) is 9.97 Å². The second-order valence-electron chi connectivity index (χ2n) is 3.65. The maximum absolute atomic E-state index is 5.04. The van der Waals surface area contributed by atoms with Crippen LogP contribution < -0.4 is 0 Å². The zero-order valence-electron chi connectivity index (χ0n) is 9.63. The summed E-state index contributed by atoms with van der Waals surface area (Å²) in [6, 6.07) is 0. The van der Waals surface area contributed by atoms with Gasteiger partial charge in [0.25, 0.3) is 0 Å². The molecule has 16 heavy (non-hydrogen) atoms. The summed E-state index contributed by atoms with van der Waals surface area (Å²) in [5, 5.41) is 0. The number of hydrogen-bond donors (Lipinski definition) is 0. The number of hydrogen-bond acceptors (Lipinski definition) is 3. The topological polar surface area (TPSA) is 44.9 Å². The molecule has 2 rings (SSSR count). The first kappa shape index (κ1) is 10.9. The van der Waals surface area contributed by atoms with Crippen LogP contribution in [0.5, 0.6) is 0 Å². The van der Waals surface area contributed by atoms with Gasteiger partial charge in [0.15, 0.2) is 11.6 Å². The Balaban J connectivity index is 2.16. The lowest BCUT2D eigenvalue weighted by Gasteiger charge is -2.07. The second-order valence-corrected chi connectivity index (χ2v) is 3.65. The molecule has 0 aliphatic heterocycles. The maximum atomic E-state index is 5.04.